The SMILES string of the molecule is CN(C)C(=O)CN1CCN(Cc2cccc(F)c2)CC1. The Morgan fingerprint density at radius 1 is 1.20 bits per heavy atom. The minimum absolute atomic E-state index is 0.142. The molecular weight excluding hydrogens is 257 g/mol. The van der Waals surface area contributed by atoms with Crippen molar-refractivity contribution in [3.63, 3.8) is 0 Å². The molecule has 0 aliphatic carbocycles. The molecule has 1 aromatic rings. The Morgan fingerprint density at radius 3 is 2.45 bits per heavy atom. The zero-order valence-corrected chi connectivity index (χ0v) is 12.2. The third-order valence-corrected chi connectivity index (χ3v) is 3.62. The van der Waals surface area contributed by atoms with Crippen LogP contribution in [0, 0.1) is 5.82 Å². The number of hydrogen-bond acceptors (Lipinski definition) is 3. The molecule has 0 bridgehead atoms. The van der Waals surface area contributed by atoms with Crippen LogP contribution in [-0.2, 0) is 11.3 Å². The van der Waals surface area contributed by atoms with E-state index in [0.29, 0.717) is 6.54 Å². The van der Waals surface area contributed by atoms with Gasteiger partial charge in [0.2, 0.25) is 5.91 Å². The first-order valence-corrected chi connectivity index (χ1v) is 6.94. The number of piperazine rings is 1. The van der Waals surface area contributed by atoms with Gasteiger partial charge in [0.15, 0.2) is 0 Å². The predicted molar refractivity (Wildman–Crippen MR) is 76.8 cm³/mol. The van der Waals surface area contributed by atoms with Crippen LogP contribution in [0.25, 0.3) is 0 Å². The second kappa shape index (κ2) is 6.81. The van der Waals surface area contributed by atoms with Gasteiger partial charge >= 0.3 is 0 Å². The first-order valence-electron chi connectivity index (χ1n) is 6.94. The van der Waals surface area contributed by atoms with Gasteiger partial charge in [0.25, 0.3) is 0 Å². The van der Waals surface area contributed by atoms with E-state index in [1.165, 1.54) is 6.07 Å². The van der Waals surface area contributed by atoms with Crippen LogP contribution in [0.2, 0.25) is 0 Å². The van der Waals surface area contributed by atoms with Crippen LogP contribution in [0.4, 0.5) is 4.39 Å². The minimum Gasteiger partial charge on any atom is -0.348 e. The molecule has 1 heterocycles. The average molecular weight is 279 g/mol. The normalized spacial score (nSPS) is 17.1. The van der Waals surface area contributed by atoms with Gasteiger partial charge in [-0.05, 0) is 17.7 Å². The van der Waals surface area contributed by atoms with E-state index in [4.69, 9.17) is 0 Å². The van der Waals surface area contributed by atoms with E-state index in [1.807, 2.05) is 6.07 Å². The zero-order chi connectivity index (χ0) is 14.5. The van der Waals surface area contributed by atoms with Gasteiger partial charge in [0.1, 0.15) is 5.82 Å². The van der Waals surface area contributed by atoms with Crippen LogP contribution in [-0.4, -0.2) is 67.4 Å². The monoisotopic (exact) mass is 279 g/mol. The fourth-order valence-electron chi connectivity index (χ4n) is 2.33. The van der Waals surface area contributed by atoms with Gasteiger partial charge < -0.3 is 4.90 Å². The van der Waals surface area contributed by atoms with Crippen LogP contribution in [0.5, 0.6) is 0 Å². The molecule has 2 rings (SSSR count). The molecule has 0 radical (unpaired) electrons. The lowest BCUT2D eigenvalue weighted by molar-refractivity contribution is -0.130. The Hall–Kier alpha value is -1.46. The highest BCUT2D eigenvalue weighted by molar-refractivity contribution is 5.77. The number of carbonyl (C=O) groups excluding carboxylic acids is 1. The second-order valence-corrected chi connectivity index (χ2v) is 5.47. The third-order valence-electron chi connectivity index (χ3n) is 3.62. The molecule has 1 aromatic carbocycles. The summed E-state index contributed by atoms with van der Waals surface area (Å²) in [6.07, 6.45) is 0. The number of likely N-dealkylation sites (N-methyl/N-ethyl adjacent to an activating group) is 1. The van der Waals surface area contributed by atoms with Gasteiger partial charge in [-0.15, -0.1) is 0 Å². The van der Waals surface area contributed by atoms with E-state index in [1.54, 1.807) is 31.1 Å². The highest BCUT2D eigenvalue weighted by Gasteiger charge is 2.19. The molecule has 1 fully saturated rings. The van der Waals surface area contributed by atoms with E-state index in [-0.39, 0.29) is 11.7 Å². The van der Waals surface area contributed by atoms with Gasteiger partial charge in [-0.1, -0.05) is 12.1 Å². The molecule has 1 aliphatic rings. The molecule has 110 valence electrons. The lowest BCUT2D eigenvalue weighted by Gasteiger charge is -2.34. The summed E-state index contributed by atoms with van der Waals surface area (Å²) in [5.41, 5.74) is 1.00. The molecule has 1 amide bonds. The Morgan fingerprint density at radius 2 is 1.85 bits per heavy atom. The first kappa shape index (κ1) is 14.9. The van der Waals surface area contributed by atoms with Gasteiger partial charge in [-0.2, -0.15) is 0 Å². The Labute approximate surface area is 119 Å². The lowest BCUT2D eigenvalue weighted by Crippen LogP contribution is -2.48. The van der Waals surface area contributed by atoms with Crippen molar-refractivity contribution >= 4 is 5.91 Å². The smallest absolute Gasteiger partial charge is 0.236 e. The number of amides is 1. The van der Waals surface area contributed by atoms with E-state index >= 15 is 0 Å². The number of carbonyl (C=O) groups is 1. The maximum atomic E-state index is 13.1. The van der Waals surface area contributed by atoms with Crippen LogP contribution in [0.1, 0.15) is 5.56 Å². The molecule has 1 saturated heterocycles. The van der Waals surface area contributed by atoms with Gasteiger partial charge in [0, 0.05) is 46.8 Å². The van der Waals surface area contributed by atoms with Crippen molar-refractivity contribution in [1.82, 2.24) is 14.7 Å². The van der Waals surface area contributed by atoms with Gasteiger partial charge in [0.05, 0.1) is 6.54 Å². The fraction of sp³-hybridized carbons (Fsp3) is 0.533. The maximum Gasteiger partial charge on any atom is 0.236 e. The molecule has 20 heavy (non-hydrogen) atoms. The summed E-state index contributed by atoms with van der Waals surface area (Å²) in [5.74, 6) is -0.0405. The molecule has 0 saturated carbocycles. The Balaban J connectivity index is 1.78. The van der Waals surface area contributed by atoms with Crippen LogP contribution in [0.3, 0.4) is 0 Å². The van der Waals surface area contributed by atoms with Gasteiger partial charge in [-0.25, -0.2) is 4.39 Å². The molecule has 1 aliphatic heterocycles. The summed E-state index contributed by atoms with van der Waals surface area (Å²) in [4.78, 5) is 17.7. The second-order valence-electron chi connectivity index (χ2n) is 5.47. The molecule has 0 atom stereocenters. The number of nitrogens with zero attached hydrogens (tertiary/aromatic N) is 3. The number of rotatable bonds is 4. The van der Waals surface area contributed by atoms with E-state index in [2.05, 4.69) is 9.80 Å². The van der Waals surface area contributed by atoms with Crippen molar-refractivity contribution in [1.29, 1.82) is 0 Å². The lowest BCUT2D eigenvalue weighted by atomic mass is 10.2. The summed E-state index contributed by atoms with van der Waals surface area (Å²) in [7, 11) is 3.56. The predicted octanol–water partition coefficient (Wildman–Crippen LogP) is 1.03. The largest absolute Gasteiger partial charge is 0.348 e. The van der Waals surface area contributed by atoms with Crippen LogP contribution < -0.4 is 0 Å². The molecule has 5 heteroatoms. The van der Waals surface area contributed by atoms with Crippen molar-refractivity contribution < 1.29 is 9.18 Å². The quantitative estimate of drug-likeness (QED) is 0.824. The molecule has 0 N–H and O–H groups in total. The number of benzene rings is 1. The van der Waals surface area contributed by atoms with Crippen molar-refractivity contribution in [3.05, 3.63) is 35.6 Å². The summed E-state index contributed by atoms with van der Waals surface area (Å²) in [6.45, 7) is 4.85. The van der Waals surface area contributed by atoms with Crippen molar-refractivity contribution in [2.45, 2.75) is 6.54 Å². The van der Waals surface area contributed by atoms with E-state index in [0.717, 1.165) is 38.3 Å². The number of hydrogen-bond donors (Lipinski definition) is 0. The molecule has 4 nitrogen and oxygen atoms in total. The summed E-state index contributed by atoms with van der Waals surface area (Å²) >= 11 is 0. The molecule has 0 aromatic heterocycles. The average Bonchev–Trinajstić information content (AvgIpc) is 2.41. The van der Waals surface area contributed by atoms with Crippen LogP contribution >= 0.6 is 0 Å². The summed E-state index contributed by atoms with van der Waals surface area (Å²) in [5, 5.41) is 0. The summed E-state index contributed by atoms with van der Waals surface area (Å²) < 4.78 is 13.1. The number of halogens is 1. The van der Waals surface area contributed by atoms with Crippen molar-refractivity contribution in [2.24, 2.45) is 0 Å². The topological polar surface area (TPSA) is 26.8 Å². The molecule has 0 unspecified atom stereocenters. The highest BCUT2D eigenvalue weighted by atomic mass is 19.1. The van der Waals surface area contributed by atoms with E-state index in [9.17, 15) is 9.18 Å². The zero-order valence-electron chi connectivity index (χ0n) is 12.2. The maximum absolute atomic E-state index is 13.1. The van der Waals surface area contributed by atoms with E-state index < -0.39 is 0 Å². The Kier molecular flexibility index (Phi) is 5.09. The minimum atomic E-state index is -0.183. The molecule has 0 spiro atoms. The molecular formula is C15H22FN3O. The summed E-state index contributed by atoms with van der Waals surface area (Å²) in [6, 6.07) is 6.75. The highest BCUT2D eigenvalue weighted by Crippen LogP contribution is 2.10. The third kappa shape index (κ3) is 4.28. The van der Waals surface area contributed by atoms with Crippen molar-refractivity contribution in [2.75, 3.05) is 46.8 Å². The van der Waals surface area contributed by atoms with Crippen molar-refractivity contribution in [3.8, 4) is 0 Å². The standard InChI is InChI=1S/C15H22FN3O/c1-17(2)15(20)12-19-8-6-18(7-9-19)11-13-4-3-5-14(16)10-13/h3-5,10H,6-9,11-12H2,1-2H3. The first-order chi connectivity index (χ1) is 9.54. The Bertz CT molecular complexity index is 456. The van der Waals surface area contributed by atoms with Gasteiger partial charge in [-0.3, -0.25) is 14.6 Å². The fourth-order valence-corrected chi connectivity index (χ4v) is 2.33. The van der Waals surface area contributed by atoms with Crippen LogP contribution in [0.15, 0.2) is 24.3 Å².